The Labute approximate surface area is 149 Å². The molecule has 24 heavy (non-hydrogen) atoms. The highest BCUT2D eigenvalue weighted by atomic mass is 35.5. The monoisotopic (exact) mass is 368 g/mol. The molecule has 4 rings (SSSR count). The van der Waals surface area contributed by atoms with Crippen molar-refractivity contribution in [2.24, 2.45) is 0 Å². The van der Waals surface area contributed by atoms with Gasteiger partial charge in [-0.2, -0.15) is 0 Å². The minimum absolute atomic E-state index is 0.0958. The van der Waals surface area contributed by atoms with E-state index < -0.39 is 0 Å². The molecule has 0 bridgehead atoms. The lowest BCUT2D eigenvalue weighted by Crippen LogP contribution is -2.55. The zero-order valence-corrected chi connectivity index (χ0v) is 14.6. The summed E-state index contributed by atoms with van der Waals surface area (Å²) in [5, 5.41) is 1.78. The topological polar surface area (TPSA) is 54.6 Å². The molecular formula is C17H18Cl2N2O3. The van der Waals surface area contributed by atoms with Gasteiger partial charge in [0.25, 0.3) is 5.91 Å². The Morgan fingerprint density at radius 3 is 2.79 bits per heavy atom. The van der Waals surface area contributed by atoms with Crippen LogP contribution in [0.3, 0.4) is 0 Å². The lowest BCUT2D eigenvalue weighted by Gasteiger charge is -2.44. The number of aromatic amines is 1. The van der Waals surface area contributed by atoms with Gasteiger partial charge in [0.1, 0.15) is 5.69 Å². The van der Waals surface area contributed by atoms with Crippen LogP contribution in [-0.2, 0) is 9.47 Å². The molecule has 2 aliphatic heterocycles. The van der Waals surface area contributed by atoms with Crippen molar-refractivity contribution in [3.05, 3.63) is 33.9 Å². The number of amides is 1. The molecule has 0 radical (unpaired) electrons. The van der Waals surface area contributed by atoms with Crippen molar-refractivity contribution in [2.75, 3.05) is 32.9 Å². The van der Waals surface area contributed by atoms with Crippen LogP contribution in [0.25, 0.3) is 10.9 Å². The van der Waals surface area contributed by atoms with Gasteiger partial charge in [-0.25, -0.2) is 0 Å². The third-order valence-electron chi connectivity index (χ3n) is 4.85. The molecule has 2 aliphatic rings. The molecule has 2 aromatic rings. The Kier molecular flexibility index (Phi) is 4.21. The number of benzene rings is 1. The first-order valence-corrected chi connectivity index (χ1v) is 8.81. The summed E-state index contributed by atoms with van der Waals surface area (Å²) >= 11 is 12.5. The number of morpholine rings is 1. The van der Waals surface area contributed by atoms with Gasteiger partial charge in [-0.15, -0.1) is 0 Å². The Balaban J connectivity index is 1.62. The van der Waals surface area contributed by atoms with Crippen molar-refractivity contribution in [3.8, 4) is 0 Å². The molecule has 0 saturated carbocycles. The molecule has 1 aromatic carbocycles. The van der Waals surface area contributed by atoms with Crippen molar-refractivity contribution < 1.29 is 14.3 Å². The van der Waals surface area contributed by atoms with Crippen LogP contribution < -0.4 is 0 Å². The molecule has 1 aromatic heterocycles. The number of fused-ring (bicyclic) bond motifs is 1. The number of rotatable bonds is 1. The summed E-state index contributed by atoms with van der Waals surface area (Å²) in [5.41, 5.74) is 0.938. The van der Waals surface area contributed by atoms with E-state index in [0.29, 0.717) is 48.6 Å². The smallest absolute Gasteiger partial charge is 0.272 e. The predicted octanol–water partition coefficient (Wildman–Crippen LogP) is 3.50. The quantitative estimate of drug-likeness (QED) is 0.837. The van der Waals surface area contributed by atoms with E-state index in [9.17, 15) is 4.79 Å². The summed E-state index contributed by atoms with van der Waals surface area (Å²) in [6.45, 7) is 3.02. The van der Waals surface area contributed by atoms with Gasteiger partial charge in [0.2, 0.25) is 0 Å². The molecule has 2 fully saturated rings. The number of nitrogens with one attached hydrogen (secondary N) is 1. The number of carbonyl (C=O) groups is 1. The highest BCUT2D eigenvalue weighted by molar-refractivity contribution is 6.39. The third-order valence-corrected chi connectivity index (χ3v) is 5.48. The molecule has 5 nitrogen and oxygen atoms in total. The summed E-state index contributed by atoms with van der Waals surface area (Å²) in [6, 6.07) is 5.38. The molecule has 0 unspecified atom stereocenters. The molecule has 1 amide bonds. The minimum atomic E-state index is -0.284. The first-order valence-electron chi connectivity index (χ1n) is 8.06. The fourth-order valence-corrected chi connectivity index (χ4v) is 3.96. The van der Waals surface area contributed by atoms with Crippen LogP contribution in [0.4, 0.5) is 0 Å². The molecule has 3 heterocycles. The predicted molar refractivity (Wildman–Crippen MR) is 93.0 cm³/mol. The van der Waals surface area contributed by atoms with E-state index in [1.807, 2.05) is 11.0 Å². The molecule has 1 spiro atoms. The summed E-state index contributed by atoms with van der Waals surface area (Å²) in [4.78, 5) is 18.0. The molecule has 7 heteroatoms. The van der Waals surface area contributed by atoms with Crippen LogP contribution in [0.5, 0.6) is 0 Å². The summed E-state index contributed by atoms with van der Waals surface area (Å²) in [6.07, 6.45) is 1.62. The van der Waals surface area contributed by atoms with E-state index >= 15 is 0 Å². The maximum absolute atomic E-state index is 13.0. The average Bonchev–Trinajstić information content (AvgIpc) is 2.91. The second kappa shape index (κ2) is 6.23. The van der Waals surface area contributed by atoms with E-state index in [0.717, 1.165) is 23.7 Å². The molecule has 1 N–H and O–H groups in total. The molecule has 2 saturated heterocycles. The number of hydrogen-bond donors (Lipinski definition) is 1. The van der Waals surface area contributed by atoms with Gasteiger partial charge in [-0.1, -0.05) is 23.2 Å². The SMILES string of the molecule is O=C(c1[nH]c2ccc(Cl)cc2c1Cl)N1CCOC2(CCOCC2)C1. The van der Waals surface area contributed by atoms with Gasteiger partial charge in [-0.3, -0.25) is 4.79 Å². The number of aromatic nitrogens is 1. The lowest BCUT2D eigenvalue weighted by molar-refractivity contribution is -0.146. The Morgan fingerprint density at radius 2 is 2.00 bits per heavy atom. The van der Waals surface area contributed by atoms with Crippen molar-refractivity contribution in [3.63, 3.8) is 0 Å². The second-order valence-electron chi connectivity index (χ2n) is 6.37. The Hall–Kier alpha value is -1.27. The fourth-order valence-electron chi connectivity index (χ4n) is 3.50. The Morgan fingerprint density at radius 1 is 1.21 bits per heavy atom. The van der Waals surface area contributed by atoms with Gasteiger partial charge in [0, 0.05) is 48.5 Å². The van der Waals surface area contributed by atoms with E-state index in [4.69, 9.17) is 32.7 Å². The normalized spacial score (nSPS) is 20.7. The van der Waals surface area contributed by atoms with E-state index in [-0.39, 0.29) is 11.5 Å². The van der Waals surface area contributed by atoms with Gasteiger partial charge in [0.15, 0.2) is 0 Å². The summed E-state index contributed by atoms with van der Waals surface area (Å²) < 4.78 is 11.4. The standard InChI is InChI=1S/C17H18Cl2N2O3/c18-11-1-2-13-12(9-11)14(19)15(20-13)16(22)21-5-8-24-17(10-21)3-6-23-7-4-17/h1-2,9,20H,3-8,10H2. The first-order chi connectivity index (χ1) is 11.6. The number of nitrogens with zero attached hydrogens (tertiary/aromatic N) is 1. The highest BCUT2D eigenvalue weighted by Gasteiger charge is 2.40. The number of halogens is 2. The third kappa shape index (κ3) is 2.80. The van der Waals surface area contributed by atoms with E-state index in [1.165, 1.54) is 0 Å². The molecular weight excluding hydrogens is 351 g/mol. The molecule has 0 aliphatic carbocycles. The minimum Gasteiger partial charge on any atom is -0.381 e. The maximum atomic E-state index is 13.0. The van der Waals surface area contributed by atoms with Crippen LogP contribution in [0.15, 0.2) is 18.2 Å². The van der Waals surface area contributed by atoms with Crippen molar-refractivity contribution in [1.82, 2.24) is 9.88 Å². The molecule has 128 valence electrons. The van der Waals surface area contributed by atoms with E-state index in [1.54, 1.807) is 12.1 Å². The van der Waals surface area contributed by atoms with Gasteiger partial charge in [-0.05, 0) is 18.2 Å². The van der Waals surface area contributed by atoms with Gasteiger partial charge < -0.3 is 19.4 Å². The summed E-state index contributed by atoms with van der Waals surface area (Å²) in [5.74, 6) is -0.0958. The fraction of sp³-hybridized carbons (Fsp3) is 0.471. The lowest BCUT2D eigenvalue weighted by atomic mass is 9.92. The number of ether oxygens (including phenoxy) is 2. The molecule has 0 atom stereocenters. The van der Waals surface area contributed by atoms with Crippen molar-refractivity contribution in [1.29, 1.82) is 0 Å². The van der Waals surface area contributed by atoms with Crippen molar-refractivity contribution >= 4 is 40.0 Å². The van der Waals surface area contributed by atoms with Gasteiger partial charge >= 0.3 is 0 Å². The van der Waals surface area contributed by atoms with Gasteiger partial charge in [0.05, 0.1) is 23.8 Å². The highest BCUT2D eigenvalue weighted by Crippen LogP contribution is 2.33. The zero-order chi connectivity index (χ0) is 16.7. The number of hydrogen-bond acceptors (Lipinski definition) is 3. The first kappa shape index (κ1) is 16.2. The maximum Gasteiger partial charge on any atom is 0.272 e. The van der Waals surface area contributed by atoms with Crippen LogP contribution in [-0.4, -0.2) is 54.3 Å². The number of carbonyl (C=O) groups excluding carboxylic acids is 1. The zero-order valence-electron chi connectivity index (χ0n) is 13.1. The second-order valence-corrected chi connectivity index (χ2v) is 7.19. The summed E-state index contributed by atoms with van der Waals surface area (Å²) in [7, 11) is 0. The largest absolute Gasteiger partial charge is 0.381 e. The van der Waals surface area contributed by atoms with E-state index in [2.05, 4.69) is 4.98 Å². The van der Waals surface area contributed by atoms with Crippen molar-refractivity contribution in [2.45, 2.75) is 18.4 Å². The van der Waals surface area contributed by atoms with Crippen LogP contribution in [0.2, 0.25) is 10.0 Å². The van der Waals surface area contributed by atoms with Crippen LogP contribution >= 0.6 is 23.2 Å². The average molecular weight is 369 g/mol. The van der Waals surface area contributed by atoms with Crippen LogP contribution in [0, 0.1) is 0 Å². The number of H-pyrrole nitrogens is 1. The Bertz CT molecular complexity index is 778. The van der Waals surface area contributed by atoms with Crippen LogP contribution in [0.1, 0.15) is 23.3 Å².